The molecule has 214 valence electrons. The highest BCUT2D eigenvalue weighted by atomic mass is 16.2. The SMILES string of the molecule is CCC[C@@H]1NC(=O)[C@H](C)NC(=O)C[C@H](CC(C)C)NC(=O)[C@H](Cc2cn(CN(C)C)c3ccccc23)NC1=O. The van der Waals surface area contributed by atoms with Crippen molar-refractivity contribution in [3.05, 3.63) is 36.0 Å². The lowest BCUT2D eigenvalue weighted by Gasteiger charge is -2.25. The monoisotopic (exact) mass is 540 g/mol. The molecule has 10 nitrogen and oxygen atoms in total. The summed E-state index contributed by atoms with van der Waals surface area (Å²) in [4.78, 5) is 54.8. The van der Waals surface area contributed by atoms with Crippen LogP contribution in [0.5, 0.6) is 0 Å². The summed E-state index contributed by atoms with van der Waals surface area (Å²) in [6.45, 7) is 8.23. The Kier molecular flexibility index (Phi) is 10.5. The predicted molar refractivity (Wildman–Crippen MR) is 152 cm³/mol. The third kappa shape index (κ3) is 8.29. The number of rotatable bonds is 8. The van der Waals surface area contributed by atoms with Crippen molar-refractivity contribution in [3.8, 4) is 0 Å². The van der Waals surface area contributed by atoms with Gasteiger partial charge in [-0.25, -0.2) is 0 Å². The van der Waals surface area contributed by atoms with E-state index in [1.54, 1.807) is 6.92 Å². The minimum Gasteiger partial charge on any atom is -0.351 e. The maximum atomic E-state index is 13.7. The van der Waals surface area contributed by atoms with E-state index in [-0.39, 0.29) is 30.6 Å². The molecule has 2 heterocycles. The van der Waals surface area contributed by atoms with Crippen LogP contribution in [-0.4, -0.2) is 71.4 Å². The van der Waals surface area contributed by atoms with Crippen LogP contribution in [0, 0.1) is 5.92 Å². The first-order valence-electron chi connectivity index (χ1n) is 13.9. The number of carbonyl (C=O) groups is 4. The highest BCUT2D eigenvalue weighted by Gasteiger charge is 2.31. The van der Waals surface area contributed by atoms with Crippen LogP contribution < -0.4 is 21.3 Å². The Labute approximate surface area is 231 Å². The molecule has 4 N–H and O–H groups in total. The number of hydrogen-bond acceptors (Lipinski definition) is 5. The highest BCUT2D eigenvalue weighted by molar-refractivity contribution is 5.95. The summed E-state index contributed by atoms with van der Waals surface area (Å²) >= 11 is 0. The number of hydrogen-bond donors (Lipinski definition) is 4. The largest absolute Gasteiger partial charge is 0.351 e. The summed E-state index contributed by atoms with van der Waals surface area (Å²) < 4.78 is 2.12. The van der Waals surface area contributed by atoms with Gasteiger partial charge < -0.3 is 25.8 Å². The molecule has 1 saturated heterocycles. The molecule has 1 aromatic carbocycles. The first kappa shape index (κ1) is 30.1. The lowest BCUT2D eigenvalue weighted by atomic mass is 9.99. The number of nitrogens with zero attached hydrogens (tertiary/aromatic N) is 2. The van der Waals surface area contributed by atoms with Gasteiger partial charge in [-0.1, -0.05) is 45.4 Å². The topological polar surface area (TPSA) is 125 Å². The molecule has 0 unspecified atom stereocenters. The van der Waals surface area contributed by atoms with Crippen molar-refractivity contribution in [1.82, 2.24) is 30.7 Å². The fourth-order valence-electron chi connectivity index (χ4n) is 5.12. The van der Waals surface area contributed by atoms with Crippen LogP contribution in [0.3, 0.4) is 0 Å². The summed E-state index contributed by atoms with van der Waals surface area (Å²) in [6.07, 6.45) is 3.98. The number of aromatic nitrogens is 1. The van der Waals surface area contributed by atoms with Crippen molar-refractivity contribution in [2.24, 2.45) is 5.92 Å². The summed E-state index contributed by atoms with van der Waals surface area (Å²) in [5.41, 5.74) is 1.97. The highest BCUT2D eigenvalue weighted by Crippen LogP contribution is 2.23. The van der Waals surface area contributed by atoms with E-state index in [1.165, 1.54) is 0 Å². The van der Waals surface area contributed by atoms with Gasteiger partial charge in [0.1, 0.15) is 18.1 Å². The van der Waals surface area contributed by atoms with E-state index in [0.717, 1.165) is 16.5 Å². The van der Waals surface area contributed by atoms with Gasteiger partial charge in [-0.05, 0) is 51.4 Å². The van der Waals surface area contributed by atoms with E-state index in [0.29, 0.717) is 25.9 Å². The van der Waals surface area contributed by atoms with Gasteiger partial charge >= 0.3 is 0 Å². The smallest absolute Gasteiger partial charge is 0.243 e. The molecule has 3 rings (SSSR count). The molecule has 0 bridgehead atoms. The van der Waals surface area contributed by atoms with Crippen molar-refractivity contribution in [2.45, 2.75) is 90.6 Å². The van der Waals surface area contributed by atoms with Gasteiger partial charge in [0.05, 0.1) is 6.67 Å². The average molecular weight is 541 g/mol. The van der Waals surface area contributed by atoms with Crippen LogP contribution in [0.15, 0.2) is 30.5 Å². The van der Waals surface area contributed by atoms with Crippen molar-refractivity contribution in [1.29, 1.82) is 0 Å². The molecule has 2 aromatic rings. The van der Waals surface area contributed by atoms with Gasteiger partial charge in [-0.3, -0.25) is 24.1 Å². The number of para-hydroxylation sites is 1. The maximum absolute atomic E-state index is 13.7. The number of carbonyl (C=O) groups excluding carboxylic acids is 4. The Balaban J connectivity index is 2.00. The van der Waals surface area contributed by atoms with Gasteiger partial charge in [0.25, 0.3) is 0 Å². The average Bonchev–Trinajstić information content (AvgIpc) is 3.18. The number of amides is 4. The zero-order valence-corrected chi connectivity index (χ0v) is 24.0. The Morgan fingerprint density at radius 1 is 0.949 bits per heavy atom. The zero-order chi connectivity index (χ0) is 28.7. The Morgan fingerprint density at radius 2 is 1.62 bits per heavy atom. The van der Waals surface area contributed by atoms with Crippen LogP contribution in [-0.2, 0) is 32.3 Å². The van der Waals surface area contributed by atoms with Crippen molar-refractivity contribution in [3.63, 3.8) is 0 Å². The number of nitrogens with one attached hydrogen (secondary N) is 4. The fraction of sp³-hybridized carbons (Fsp3) is 0.586. The molecule has 0 saturated carbocycles. The fourth-order valence-corrected chi connectivity index (χ4v) is 5.12. The normalized spacial score (nSPS) is 23.5. The molecular formula is C29H44N6O4. The number of fused-ring (bicyclic) bond motifs is 1. The first-order valence-corrected chi connectivity index (χ1v) is 13.9. The Morgan fingerprint density at radius 3 is 2.28 bits per heavy atom. The quantitative estimate of drug-likeness (QED) is 0.407. The molecule has 0 spiro atoms. The van der Waals surface area contributed by atoms with Crippen LogP contribution in [0.25, 0.3) is 10.9 Å². The standard InChI is InChI=1S/C29H44N6O4/c1-7-10-23-28(38)33-24(14-20-16-35(17-34(5)6)25-12-9-8-11-22(20)25)29(39)31-21(13-18(2)3)15-26(36)30-19(4)27(37)32-23/h8-9,11-12,16,18-19,21,23-24H,7,10,13-15,17H2,1-6H3,(H,30,36)(H,31,39)(H,32,37)(H,33,38)/t19-,21-,23-,24-/m0/s1. The summed E-state index contributed by atoms with van der Waals surface area (Å²) in [5, 5.41) is 12.5. The van der Waals surface area contributed by atoms with Crippen molar-refractivity contribution < 1.29 is 19.2 Å². The Bertz CT molecular complexity index is 1170. The van der Waals surface area contributed by atoms with Crippen LogP contribution in [0.4, 0.5) is 0 Å². The zero-order valence-electron chi connectivity index (χ0n) is 24.0. The lowest BCUT2D eigenvalue weighted by Crippen LogP contribution is -2.56. The summed E-state index contributed by atoms with van der Waals surface area (Å²) in [6, 6.07) is 5.05. The lowest BCUT2D eigenvalue weighted by molar-refractivity contribution is -0.133. The third-order valence-corrected chi connectivity index (χ3v) is 6.88. The van der Waals surface area contributed by atoms with Gasteiger partial charge in [0, 0.05) is 36.0 Å². The molecule has 0 radical (unpaired) electrons. The molecule has 4 amide bonds. The van der Waals surface area contributed by atoms with Gasteiger partial charge in [-0.2, -0.15) is 0 Å². The van der Waals surface area contributed by atoms with Crippen LogP contribution >= 0.6 is 0 Å². The van der Waals surface area contributed by atoms with E-state index in [2.05, 4.69) is 30.7 Å². The molecule has 4 atom stereocenters. The Hall–Kier alpha value is -3.40. The second kappa shape index (κ2) is 13.6. The second-order valence-electron chi connectivity index (χ2n) is 11.3. The molecule has 1 aliphatic heterocycles. The number of benzene rings is 1. The predicted octanol–water partition coefficient (Wildman–Crippen LogP) is 1.91. The minimum absolute atomic E-state index is 0.0444. The third-order valence-electron chi connectivity index (χ3n) is 6.88. The van der Waals surface area contributed by atoms with Crippen molar-refractivity contribution in [2.75, 3.05) is 14.1 Å². The molecular weight excluding hydrogens is 496 g/mol. The molecule has 1 aliphatic rings. The minimum atomic E-state index is -0.886. The van der Waals surface area contributed by atoms with Crippen LogP contribution in [0.2, 0.25) is 0 Å². The summed E-state index contributed by atoms with van der Waals surface area (Å²) in [7, 11) is 3.98. The van der Waals surface area contributed by atoms with E-state index in [4.69, 9.17) is 0 Å². The molecule has 0 aliphatic carbocycles. The van der Waals surface area contributed by atoms with E-state index < -0.39 is 36.0 Å². The first-order chi connectivity index (χ1) is 18.5. The molecule has 10 heteroatoms. The van der Waals surface area contributed by atoms with E-state index in [9.17, 15) is 19.2 Å². The summed E-state index contributed by atoms with van der Waals surface area (Å²) in [5.74, 6) is -1.29. The second-order valence-corrected chi connectivity index (χ2v) is 11.3. The van der Waals surface area contributed by atoms with Crippen LogP contribution in [0.1, 0.15) is 58.9 Å². The van der Waals surface area contributed by atoms with E-state index >= 15 is 0 Å². The van der Waals surface area contributed by atoms with E-state index in [1.807, 2.05) is 65.3 Å². The molecule has 1 fully saturated rings. The van der Waals surface area contributed by atoms with Gasteiger partial charge in [0.15, 0.2) is 0 Å². The van der Waals surface area contributed by atoms with Crippen molar-refractivity contribution >= 4 is 34.5 Å². The van der Waals surface area contributed by atoms with Gasteiger partial charge in [0.2, 0.25) is 23.6 Å². The molecule has 39 heavy (non-hydrogen) atoms. The maximum Gasteiger partial charge on any atom is 0.243 e. The van der Waals surface area contributed by atoms with Gasteiger partial charge in [-0.15, -0.1) is 0 Å². The molecule has 1 aromatic heterocycles.